The summed E-state index contributed by atoms with van der Waals surface area (Å²) < 4.78 is 0. The van der Waals surface area contributed by atoms with Crippen molar-refractivity contribution in [1.82, 2.24) is 5.32 Å². The van der Waals surface area contributed by atoms with Crippen LogP contribution in [-0.2, 0) is 6.42 Å². The summed E-state index contributed by atoms with van der Waals surface area (Å²) in [6, 6.07) is 17.8. The molecule has 5 nitrogen and oxygen atoms in total. The topological polar surface area (TPSA) is 79.0 Å². The molecule has 0 spiro atoms. The number of benzene rings is 2. The van der Waals surface area contributed by atoms with Gasteiger partial charge in [-0.15, -0.1) is 0 Å². The fourth-order valence-corrected chi connectivity index (χ4v) is 2.03. The first-order chi connectivity index (χ1) is 10.2. The number of nitrogens with one attached hydrogen (secondary N) is 1. The minimum absolute atomic E-state index is 0.0275. The summed E-state index contributed by atoms with van der Waals surface area (Å²) in [4.78, 5) is 10.2. The molecule has 2 aromatic rings. The third-order valence-electron chi connectivity index (χ3n) is 3.17. The molecule has 1 unspecified atom stereocenters. The molecule has 21 heavy (non-hydrogen) atoms. The Labute approximate surface area is 123 Å². The van der Waals surface area contributed by atoms with Gasteiger partial charge in [-0.2, -0.15) is 5.26 Å². The summed E-state index contributed by atoms with van der Waals surface area (Å²) in [5.41, 5.74) is 1.96. The van der Waals surface area contributed by atoms with Crippen molar-refractivity contribution in [3.8, 4) is 6.07 Å². The SMILES string of the molecule is N#CC(NCCc1ccccc1)c1ccc([N+](=O)[O-])cc1. The van der Waals surface area contributed by atoms with E-state index >= 15 is 0 Å². The van der Waals surface area contributed by atoms with Crippen LogP contribution in [-0.4, -0.2) is 11.5 Å². The van der Waals surface area contributed by atoms with E-state index in [9.17, 15) is 15.4 Å². The second kappa shape index (κ2) is 7.17. The summed E-state index contributed by atoms with van der Waals surface area (Å²) in [6.45, 7) is 0.666. The van der Waals surface area contributed by atoms with Crippen molar-refractivity contribution in [1.29, 1.82) is 5.26 Å². The molecule has 0 aliphatic heterocycles. The molecule has 1 atom stereocenters. The van der Waals surface area contributed by atoms with E-state index in [2.05, 4.69) is 11.4 Å². The van der Waals surface area contributed by atoms with E-state index in [4.69, 9.17) is 0 Å². The van der Waals surface area contributed by atoms with Crippen LogP contribution in [0.5, 0.6) is 0 Å². The van der Waals surface area contributed by atoms with E-state index in [1.54, 1.807) is 12.1 Å². The van der Waals surface area contributed by atoms with Crippen LogP contribution in [0.15, 0.2) is 54.6 Å². The molecule has 106 valence electrons. The Kier molecular flexibility index (Phi) is 5.02. The minimum Gasteiger partial charge on any atom is -0.298 e. The Morgan fingerprint density at radius 3 is 2.38 bits per heavy atom. The van der Waals surface area contributed by atoms with Crippen LogP contribution >= 0.6 is 0 Å². The zero-order valence-electron chi connectivity index (χ0n) is 11.4. The molecule has 0 heterocycles. The predicted molar refractivity (Wildman–Crippen MR) is 79.6 cm³/mol. The first kappa shape index (κ1) is 14.7. The van der Waals surface area contributed by atoms with Crippen LogP contribution in [0, 0.1) is 21.4 Å². The fraction of sp³-hybridized carbons (Fsp3) is 0.188. The lowest BCUT2D eigenvalue weighted by Crippen LogP contribution is -2.22. The molecule has 0 radical (unpaired) electrons. The quantitative estimate of drug-likeness (QED) is 0.652. The predicted octanol–water partition coefficient (Wildman–Crippen LogP) is 2.99. The summed E-state index contributed by atoms with van der Waals surface area (Å²) in [5.74, 6) is 0. The van der Waals surface area contributed by atoms with Crippen LogP contribution in [0.2, 0.25) is 0 Å². The number of non-ortho nitro benzene ring substituents is 1. The third-order valence-corrected chi connectivity index (χ3v) is 3.17. The zero-order valence-corrected chi connectivity index (χ0v) is 11.4. The van der Waals surface area contributed by atoms with Crippen molar-refractivity contribution >= 4 is 5.69 Å². The lowest BCUT2D eigenvalue weighted by molar-refractivity contribution is -0.384. The number of nitro benzene ring substituents is 1. The van der Waals surface area contributed by atoms with Crippen LogP contribution in [0.4, 0.5) is 5.69 Å². The van der Waals surface area contributed by atoms with E-state index in [-0.39, 0.29) is 5.69 Å². The summed E-state index contributed by atoms with van der Waals surface area (Å²) in [5, 5.41) is 23.0. The molecule has 0 aliphatic carbocycles. The molecule has 2 aromatic carbocycles. The van der Waals surface area contributed by atoms with Crippen molar-refractivity contribution in [2.75, 3.05) is 6.54 Å². The highest BCUT2D eigenvalue weighted by Gasteiger charge is 2.11. The monoisotopic (exact) mass is 281 g/mol. The minimum atomic E-state index is -0.463. The molecule has 0 amide bonds. The van der Waals surface area contributed by atoms with Gasteiger partial charge in [-0.3, -0.25) is 15.4 Å². The highest BCUT2D eigenvalue weighted by molar-refractivity contribution is 5.35. The molecule has 0 bridgehead atoms. The molecule has 5 heteroatoms. The largest absolute Gasteiger partial charge is 0.298 e. The van der Waals surface area contributed by atoms with Crippen molar-refractivity contribution in [3.63, 3.8) is 0 Å². The smallest absolute Gasteiger partial charge is 0.269 e. The van der Waals surface area contributed by atoms with Crippen LogP contribution < -0.4 is 5.32 Å². The first-order valence-electron chi connectivity index (χ1n) is 6.62. The van der Waals surface area contributed by atoms with Gasteiger partial charge in [-0.05, 0) is 29.7 Å². The van der Waals surface area contributed by atoms with Gasteiger partial charge in [0.1, 0.15) is 6.04 Å². The maximum atomic E-state index is 10.6. The molecule has 0 aromatic heterocycles. The van der Waals surface area contributed by atoms with Gasteiger partial charge in [0, 0.05) is 18.7 Å². The van der Waals surface area contributed by atoms with Gasteiger partial charge >= 0.3 is 0 Å². The molecule has 2 rings (SSSR count). The van der Waals surface area contributed by atoms with Crippen LogP contribution in [0.25, 0.3) is 0 Å². The van der Waals surface area contributed by atoms with Crippen LogP contribution in [0.3, 0.4) is 0 Å². The van der Waals surface area contributed by atoms with Gasteiger partial charge in [0.25, 0.3) is 5.69 Å². The van der Waals surface area contributed by atoms with Crippen molar-refractivity contribution in [2.45, 2.75) is 12.5 Å². The Morgan fingerprint density at radius 1 is 1.14 bits per heavy atom. The van der Waals surface area contributed by atoms with Crippen molar-refractivity contribution < 1.29 is 4.92 Å². The molecule has 0 saturated carbocycles. The van der Waals surface area contributed by atoms with Gasteiger partial charge in [0.2, 0.25) is 0 Å². The Bertz CT molecular complexity index is 633. The number of nitrogens with zero attached hydrogens (tertiary/aromatic N) is 2. The summed E-state index contributed by atoms with van der Waals surface area (Å²) in [6.07, 6.45) is 0.825. The highest BCUT2D eigenvalue weighted by Crippen LogP contribution is 2.17. The fourth-order valence-electron chi connectivity index (χ4n) is 2.03. The molecular weight excluding hydrogens is 266 g/mol. The molecular formula is C16H15N3O2. The van der Waals surface area contributed by atoms with Gasteiger partial charge in [0.15, 0.2) is 0 Å². The van der Waals surface area contributed by atoms with Gasteiger partial charge in [0.05, 0.1) is 11.0 Å². The molecule has 0 saturated heterocycles. The van der Waals surface area contributed by atoms with Crippen LogP contribution in [0.1, 0.15) is 17.2 Å². The average Bonchev–Trinajstić information content (AvgIpc) is 2.53. The Balaban J connectivity index is 1.94. The van der Waals surface area contributed by atoms with Gasteiger partial charge in [-0.1, -0.05) is 30.3 Å². The Morgan fingerprint density at radius 2 is 1.81 bits per heavy atom. The molecule has 0 aliphatic rings. The summed E-state index contributed by atoms with van der Waals surface area (Å²) in [7, 11) is 0. The Hall–Kier alpha value is -2.71. The molecule has 1 N–H and O–H groups in total. The number of nitro groups is 1. The molecule has 0 fully saturated rings. The second-order valence-electron chi connectivity index (χ2n) is 4.60. The van der Waals surface area contributed by atoms with Gasteiger partial charge in [-0.25, -0.2) is 0 Å². The van der Waals surface area contributed by atoms with Crippen molar-refractivity contribution in [2.24, 2.45) is 0 Å². The van der Waals surface area contributed by atoms with E-state index in [1.807, 2.05) is 30.3 Å². The van der Waals surface area contributed by atoms with Gasteiger partial charge < -0.3 is 0 Å². The first-order valence-corrected chi connectivity index (χ1v) is 6.62. The number of hydrogen-bond acceptors (Lipinski definition) is 4. The van der Waals surface area contributed by atoms with E-state index < -0.39 is 11.0 Å². The lowest BCUT2D eigenvalue weighted by atomic mass is 10.1. The van der Waals surface area contributed by atoms with E-state index in [0.717, 1.165) is 12.0 Å². The second-order valence-corrected chi connectivity index (χ2v) is 4.60. The lowest BCUT2D eigenvalue weighted by Gasteiger charge is -2.11. The maximum Gasteiger partial charge on any atom is 0.269 e. The number of nitriles is 1. The number of rotatable bonds is 6. The number of hydrogen-bond donors (Lipinski definition) is 1. The highest BCUT2D eigenvalue weighted by atomic mass is 16.6. The van der Waals surface area contributed by atoms with E-state index in [0.29, 0.717) is 6.54 Å². The maximum absolute atomic E-state index is 10.6. The summed E-state index contributed by atoms with van der Waals surface area (Å²) >= 11 is 0. The van der Waals surface area contributed by atoms with Crippen molar-refractivity contribution in [3.05, 3.63) is 75.8 Å². The average molecular weight is 281 g/mol. The van der Waals surface area contributed by atoms with E-state index in [1.165, 1.54) is 17.7 Å². The third kappa shape index (κ3) is 4.13. The normalized spacial score (nSPS) is 11.6. The zero-order chi connectivity index (χ0) is 15.1. The standard InChI is InChI=1S/C16H15N3O2/c17-12-16(14-6-8-15(9-7-14)19(20)21)18-11-10-13-4-2-1-3-5-13/h1-9,16,18H,10-11H2.